The standard InChI is InChI=1S/C16H28O4/c1-3-4-5-6-7-11-16(14(19)20)12-9-8-10-15(16,2)13(17)18/h3-12H2,1-2H3,(H,17,18)(H,19,20). The van der Waals surface area contributed by atoms with Gasteiger partial charge >= 0.3 is 11.9 Å². The van der Waals surface area contributed by atoms with Gasteiger partial charge in [0, 0.05) is 0 Å². The minimum Gasteiger partial charge on any atom is -0.481 e. The summed E-state index contributed by atoms with van der Waals surface area (Å²) in [5, 5.41) is 19.3. The second-order valence-electron chi connectivity index (χ2n) is 6.40. The van der Waals surface area contributed by atoms with E-state index in [1.54, 1.807) is 6.92 Å². The van der Waals surface area contributed by atoms with E-state index in [2.05, 4.69) is 6.92 Å². The SMILES string of the molecule is CCCCCCCC1(C(=O)O)CCCCC1(C)C(=O)O. The molecule has 4 heteroatoms. The number of rotatable bonds is 8. The molecule has 0 heterocycles. The molecule has 20 heavy (non-hydrogen) atoms. The number of aliphatic carboxylic acids is 2. The van der Waals surface area contributed by atoms with Gasteiger partial charge in [0.2, 0.25) is 0 Å². The Hall–Kier alpha value is -1.06. The van der Waals surface area contributed by atoms with E-state index >= 15 is 0 Å². The summed E-state index contributed by atoms with van der Waals surface area (Å²) in [6.07, 6.45) is 8.34. The number of carbonyl (C=O) groups is 2. The predicted octanol–water partition coefficient (Wildman–Crippen LogP) is 4.08. The van der Waals surface area contributed by atoms with Gasteiger partial charge in [0.25, 0.3) is 0 Å². The Kier molecular flexibility index (Phi) is 6.03. The van der Waals surface area contributed by atoms with Crippen LogP contribution in [0.25, 0.3) is 0 Å². The normalized spacial score (nSPS) is 30.1. The second-order valence-corrected chi connectivity index (χ2v) is 6.40. The van der Waals surface area contributed by atoms with E-state index in [4.69, 9.17) is 0 Å². The first kappa shape index (κ1) is 17.0. The molecule has 0 aromatic rings. The Bertz CT molecular complexity index is 352. The molecule has 1 aliphatic carbocycles. The molecule has 0 amide bonds. The van der Waals surface area contributed by atoms with Crippen LogP contribution in [0.4, 0.5) is 0 Å². The molecule has 1 aliphatic rings. The van der Waals surface area contributed by atoms with E-state index in [1.165, 1.54) is 0 Å². The summed E-state index contributed by atoms with van der Waals surface area (Å²) in [5.74, 6) is -1.87. The first-order chi connectivity index (χ1) is 9.40. The number of hydrogen-bond acceptors (Lipinski definition) is 2. The summed E-state index contributed by atoms with van der Waals surface area (Å²) in [5.41, 5.74) is -2.20. The lowest BCUT2D eigenvalue weighted by Gasteiger charge is -2.46. The molecular weight excluding hydrogens is 256 g/mol. The maximum Gasteiger partial charge on any atom is 0.310 e. The van der Waals surface area contributed by atoms with Crippen LogP contribution in [0.3, 0.4) is 0 Å². The van der Waals surface area contributed by atoms with Crippen molar-refractivity contribution in [2.24, 2.45) is 10.8 Å². The van der Waals surface area contributed by atoms with Gasteiger partial charge in [-0.15, -0.1) is 0 Å². The first-order valence-electron chi connectivity index (χ1n) is 7.87. The highest BCUT2D eigenvalue weighted by molar-refractivity contribution is 5.86. The first-order valence-corrected chi connectivity index (χ1v) is 7.87. The van der Waals surface area contributed by atoms with E-state index in [-0.39, 0.29) is 0 Å². The van der Waals surface area contributed by atoms with Gasteiger partial charge in [0.1, 0.15) is 0 Å². The summed E-state index contributed by atoms with van der Waals surface area (Å²) in [7, 11) is 0. The smallest absolute Gasteiger partial charge is 0.310 e. The zero-order valence-corrected chi connectivity index (χ0v) is 12.8. The van der Waals surface area contributed by atoms with Gasteiger partial charge in [0.15, 0.2) is 0 Å². The van der Waals surface area contributed by atoms with Crippen LogP contribution in [-0.4, -0.2) is 22.2 Å². The maximum atomic E-state index is 11.9. The third-order valence-electron chi connectivity index (χ3n) is 5.18. The average molecular weight is 284 g/mol. The molecule has 0 bridgehead atoms. The van der Waals surface area contributed by atoms with Gasteiger partial charge in [-0.2, -0.15) is 0 Å². The van der Waals surface area contributed by atoms with Crippen LogP contribution in [0.1, 0.15) is 78.1 Å². The van der Waals surface area contributed by atoms with Crippen LogP contribution >= 0.6 is 0 Å². The van der Waals surface area contributed by atoms with Crippen molar-refractivity contribution in [1.82, 2.24) is 0 Å². The zero-order valence-electron chi connectivity index (χ0n) is 12.8. The topological polar surface area (TPSA) is 74.6 Å². The lowest BCUT2D eigenvalue weighted by Crippen LogP contribution is -2.52. The van der Waals surface area contributed by atoms with Crippen LogP contribution < -0.4 is 0 Å². The number of hydrogen-bond donors (Lipinski definition) is 2. The lowest BCUT2D eigenvalue weighted by molar-refractivity contribution is -0.179. The summed E-state index contributed by atoms with van der Waals surface area (Å²) < 4.78 is 0. The molecule has 1 fully saturated rings. The second kappa shape index (κ2) is 7.09. The highest BCUT2D eigenvalue weighted by Crippen LogP contribution is 2.54. The Labute approximate surface area is 121 Å². The quantitative estimate of drug-likeness (QED) is 0.658. The van der Waals surface area contributed by atoms with Crippen LogP contribution in [0.5, 0.6) is 0 Å². The summed E-state index contributed by atoms with van der Waals surface area (Å²) in [6.45, 7) is 3.77. The molecule has 0 spiro atoms. The highest BCUT2D eigenvalue weighted by Gasteiger charge is 2.58. The Balaban J connectivity index is 2.82. The molecule has 2 N–H and O–H groups in total. The van der Waals surface area contributed by atoms with Gasteiger partial charge in [-0.05, 0) is 26.2 Å². The maximum absolute atomic E-state index is 11.9. The molecule has 4 nitrogen and oxygen atoms in total. The molecular formula is C16H28O4. The van der Waals surface area contributed by atoms with Crippen molar-refractivity contribution < 1.29 is 19.8 Å². The fourth-order valence-corrected chi connectivity index (χ4v) is 3.61. The van der Waals surface area contributed by atoms with Crippen molar-refractivity contribution in [3.8, 4) is 0 Å². The zero-order chi connectivity index (χ0) is 15.2. The fourth-order valence-electron chi connectivity index (χ4n) is 3.61. The van der Waals surface area contributed by atoms with Gasteiger partial charge in [-0.25, -0.2) is 0 Å². The summed E-state index contributed by atoms with van der Waals surface area (Å²) in [6, 6.07) is 0. The van der Waals surface area contributed by atoms with Crippen LogP contribution in [0, 0.1) is 10.8 Å². The molecule has 0 aromatic heterocycles. The monoisotopic (exact) mass is 284 g/mol. The third-order valence-corrected chi connectivity index (χ3v) is 5.18. The highest BCUT2D eigenvalue weighted by atomic mass is 16.4. The van der Waals surface area contributed by atoms with Gasteiger partial charge < -0.3 is 10.2 Å². The Morgan fingerprint density at radius 2 is 1.55 bits per heavy atom. The minimum absolute atomic E-state index is 0.476. The third kappa shape index (κ3) is 3.15. The van der Waals surface area contributed by atoms with Gasteiger partial charge in [-0.1, -0.05) is 51.9 Å². The van der Waals surface area contributed by atoms with Crippen molar-refractivity contribution in [1.29, 1.82) is 0 Å². The predicted molar refractivity (Wildman–Crippen MR) is 77.7 cm³/mol. The van der Waals surface area contributed by atoms with Crippen molar-refractivity contribution in [3.63, 3.8) is 0 Å². The van der Waals surface area contributed by atoms with E-state index in [1.807, 2.05) is 0 Å². The number of unbranched alkanes of at least 4 members (excludes halogenated alkanes) is 4. The van der Waals surface area contributed by atoms with Crippen molar-refractivity contribution in [3.05, 3.63) is 0 Å². The molecule has 2 atom stereocenters. The van der Waals surface area contributed by atoms with Gasteiger partial charge in [-0.3, -0.25) is 9.59 Å². The van der Waals surface area contributed by atoms with Crippen LogP contribution in [0.15, 0.2) is 0 Å². The van der Waals surface area contributed by atoms with E-state index in [0.717, 1.165) is 44.9 Å². The molecule has 0 aromatic carbocycles. The van der Waals surface area contributed by atoms with Crippen molar-refractivity contribution in [2.75, 3.05) is 0 Å². The summed E-state index contributed by atoms with van der Waals surface area (Å²) in [4.78, 5) is 23.5. The molecule has 1 rings (SSSR count). The van der Waals surface area contributed by atoms with Crippen molar-refractivity contribution in [2.45, 2.75) is 78.1 Å². The van der Waals surface area contributed by atoms with Crippen molar-refractivity contribution >= 4 is 11.9 Å². The van der Waals surface area contributed by atoms with Gasteiger partial charge in [0.05, 0.1) is 10.8 Å². The van der Waals surface area contributed by atoms with E-state index in [9.17, 15) is 19.8 Å². The lowest BCUT2D eigenvalue weighted by atomic mass is 9.55. The fraction of sp³-hybridized carbons (Fsp3) is 0.875. The van der Waals surface area contributed by atoms with E-state index < -0.39 is 22.8 Å². The Morgan fingerprint density at radius 1 is 0.950 bits per heavy atom. The molecule has 0 aliphatic heterocycles. The largest absolute Gasteiger partial charge is 0.481 e. The average Bonchev–Trinajstić information content (AvgIpc) is 2.40. The Morgan fingerprint density at radius 3 is 2.10 bits per heavy atom. The minimum atomic E-state index is -1.12. The molecule has 1 saturated carbocycles. The molecule has 2 unspecified atom stereocenters. The summed E-state index contributed by atoms with van der Waals surface area (Å²) >= 11 is 0. The van der Waals surface area contributed by atoms with E-state index in [0.29, 0.717) is 19.3 Å². The molecule has 0 radical (unpaired) electrons. The van der Waals surface area contributed by atoms with Crippen LogP contribution in [-0.2, 0) is 9.59 Å². The number of carboxylic acid groups (broad SMARTS) is 2. The van der Waals surface area contributed by atoms with Crippen LogP contribution in [0.2, 0.25) is 0 Å². The molecule has 0 saturated heterocycles. The molecule has 116 valence electrons. The number of carboxylic acids is 2.